The van der Waals surface area contributed by atoms with Gasteiger partial charge in [0.1, 0.15) is 5.75 Å². The molecule has 1 aliphatic rings. The summed E-state index contributed by atoms with van der Waals surface area (Å²) in [7, 11) is 0. The maximum Gasteiger partial charge on any atom is 0.260 e. The van der Waals surface area contributed by atoms with Crippen LogP contribution in [0.15, 0.2) is 48.8 Å². The zero-order valence-corrected chi connectivity index (χ0v) is 16.4. The van der Waals surface area contributed by atoms with Crippen LogP contribution in [0.2, 0.25) is 0 Å². The van der Waals surface area contributed by atoms with Gasteiger partial charge in [0.15, 0.2) is 6.61 Å². The lowest BCUT2D eigenvalue weighted by Gasteiger charge is -2.34. The maximum absolute atomic E-state index is 12.8. The number of amides is 2. The number of imidazole rings is 1. The van der Waals surface area contributed by atoms with Crippen LogP contribution >= 0.6 is 0 Å². The second-order valence-electron chi connectivity index (χ2n) is 7.06. The third kappa shape index (κ3) is 4.08. The SMILES string of the molecule is CCc1ccccc1OCC(=O)N1CCN(C(=O)c2ccc3nc[nH]c3c2)CC1. The van der Waals surface area contributed by atoms with E-state index in [9.17, 15) is 9.59 Å². The van der Waals surface area contributed by atoms with E-state index >= 15 is 0 Å². The normalized spacial score (nSPS) is 14.2. The molecule has 4 rings (SSSR count). The molecule has 0 radical (unpaired) electrons. The Morgan fingerprint density at radius 1 is 1.07 bits per heavy atom. The van der Waals surface area contributed by atoms with Crippen molar-refractivity contribution >= 4 is 22.8 Å². The summed E-state index contributed by atoms with van der Waals surface area (Å²) in [5, 5.41) is 0. The Kier molecular flexibility index (Phi) is 5.46. The first-order valence-electron chi connectivity index (χ1n) is 9.86. The van der Waals surface area contributed by atoms with Crippen molar-refractivity contribution in [1.82, 2.24) is 19.8 Å². The first kappa shape index (κ1) is 19.0. The Bertz CT molecular complexity index is 1020. The summed E-state index contributed by atoms with van der Waals surface area (Å²) in [4.78, 5) is 36.1. The van der Waals surface area contributed by atoms with Crippen molar-refractivity contribution in [3.05, 3.63) is 59.9 Å². The largest absolute Gasteiger partial charge is 0.483 e. The van der Waals surface area contributed by atoms with Crippen molar-refractivity contribution in [3.63, 3.8) is 0 Å². The van der Waals surface area contributed by atoms with Crippen LogP contribution in [0.1, 0.15) is 22.8 Å². The molecular weight excluding hydrogens is 368 g/mol. The molecule has 2 amide bonds. The number of hydrogen-bond acceptors (Lipinski definition) is 4. The van der Waals surface area contributed by atoms with Gasteiger partial charge in [0.2, 0.25) is 0 Å². The monoisotopic (exact) mass is 392 g/mol. The molecule has 29 heavy (non-hydrogen) atoms. The van der Waals surface area contributed by atoms with E-state index < -0.39 is 0 Å². The average molecular weight is 392 g/mol. The minimum Gasteiger partial charge on any atom is -0.483 e. The predicted octanol–water partition coefficient (Wildman–Crippen LogP) is 2.49. The number of carbonyl (C=O) groups excluding carboxylic acids is 2. The van der Waals surface area contributed by atoms with Crippen molar-refractivity contribution in [2.75, 3.05) is 32.8 Å². The van der Waals surface area contributed by atoms with E-state index in [1.54, 1.807) is 22.2 Å². The zero-order valence-electron chi connectivity index (χ0n) is 16.4. The van der Waals surface area contributed by atoms with Crippen LogP contribution in [0.25, 0.3) is 11.0 Å². The number of aryl methyl sites for hydroxylation is 1. The number of piperazine rings is 1. The number of benzene rings is 2. The van der Waals surface area contributed by atoms with Crippen LogP contribution in [0.3, 0.4) is 0 Å². The molecule has 0 atom stereocenters. The average Bonchev–Trinajstić information content (AvgIpc) is 3.25. The summed E-state index contributed by atoms with van der Waals surface area (Å²) in [6.07, 6.45) is 2.47. The predicted molar refractivity (Wildman–Crippen MR) is 110 cm³/mol. The number of H-pyrrole nitrogens is 1. The highest BCUT2D eigenvalue weighted by molar-refractivity contribution is 5.97. The number of nitrogens with zero attached hydrogens (tertiary/aromatic N) is 3. The van der Waals surface area contributed by atoms with Gasteiger partial charge in [-0.05, 0) is 36.2 Å². The summed E-state index contributed by atoms with van der Waals surface area (Å²) in [6, 6.07) is 13.2. The summed E-state index contributed by atoms with van der Waals surface area (Å²) < 4.78 is 5.74. The molecule has 7 heteroatoms. The van der Waals surface area contributed by atoms with E-state index in [0.29, 0.717) is 31.7 Å². The molecule has 1 aromatic heterocycles. The van der Waals surface area contributed by atoms with Gasteiger partial charge in [-0.1, -0.05) is 25.1 Å². The second-order valence-corrected chi connectivity index (χ2v) is 7.06. The fourth-order valence-corrected chi connectivity index (χ4v) is 3.58. The van der Waals surface area contributed by atoms with Crippen LogP contribution in [-0.2, 0) is 11.2 Å². The van der Waals surface area contributed by atoms with E-state index in [4.69, 9.17) is 4.74 Å². The topological polar surface area (TPSA) is 78.5 Å². The molecule has 0 unspecified atom stereocenters. The molecule has 1 aliphatic heterocycles. The van der Waals surface area contributed by atoms with Crippen molar-refractivity contribution in [2.45, 2.75) is 13.3 Å². The van der Waals surface area contributed by atoms with E-state index in [-0.39, 0.29) is 18.4 Å². The molecular formula is C22H24N4O3. The quantitative estimate of drug-likeness (QED) is 0.724. The molecule has 1 saturated heterocycles. The Labute approximate surface area is 169 Å². The Morgan fingerprint density at radius 3 is 2.62 bits per heavy atom. The standard InChI is InChI=1S/C22H24N4O3/c1-2-16-5-3-4-6-20(16)29-14-21(27)25-9-11-26(12-10-25)22(28)17-7-8-18-19(13-17)24-15-23-18/h3-8,13,15H,2,9-12,14H2,1H3,(H,23,24). The van der Waals surface area contributed by atoms with Crippen LogP contribution in [0.4, 0.5) is 0 Å². The van der Waals surface area contributed by atoms with E-state index in [0.717, 1.165) is 28.8 Å². The van der Waals surface area contributed by atoms with Gasteiger partial charge >= 0.3 is 0 Å². The summed E-state index contributed by atoms with van der Waals surface area (Å²) in [5.41, 5.74) is 3.39. The number of nitrogens with one attached hydrogen (secondary N) is 1. The van der Waals surface area contributed by atoms with Gasteiger partial charge in [0.05, 0.1) is 17.4 Å². The van der Waals surface area contributed by atoms with Crippen LogP contribution in [0, 0.1) is 0 Å². The first-order valence-corrected chi connectivity index (χ1v) is 9.86. The molecule has 7 nitrogen and oxygen atoms in total. The Morgan fingerprint density at radius 2 is 1.83 bits per heavy atom. The summed E-state index contributed by atoms with van der Waals surface area (Å²) >= 11 is 0. The minimum atomic E-state index is -0.0538. The number of hydrogen-bond donors (Lipinski definition) is 1. The van der Waals surface area contributed by atoms with E-state index in [1.807, 2.05) is 36.4 Å². The molecule has 0 bridgehead atoms. The second kappa shape index (κ2) is 8.34. The Balaban J connectivity index is 1.31. The van der Waals surface area contributed by atoms with E-state index in [2.05, 4.69) is 16.9 Å². The van der Waals surface area contributed by atoms with E-state index in [1.165, 1.54) is 0 Å². The summed E-state index contributed by atoms with van der Waals surface area (Å²) in [6.45, 7) is 4.12. The molecule has 3 aromatic rings. The molecule has 150 valence electrons. The fourth-order valence-electron chi connectivity index (χ4n) is 3.58. The van der Waals surface area contributed by atoms with Gasteiger partial charge in [0, 0.05) is 31.7 Å². The van der Waals surface area contributed by atoms with Gasteiger partial charge in [-0.3, -0.25) is 9.59 Å². The third-order valence-electron chi connectivity index (χ3n) is 5.29. The lowest BCUT2D eigenvalue weighted by atomic mass is 10.1. The Hall–Kier alpha value is -3.35. The third-order valence-corrected chi connectivity index (χ3v) is 5.29. The number of rotatable bonds is 5. The lowest BCUT2D eigenvalue weighted by molar-refractivity contribution is -0.134. The highest BCUT2D eigenvalue weighted by atomic mass is 16.5. The zero-order chi connectivity index (χ0) is 20.2. The van der Waals surface area contributed by atoms with Crippen molar-refractivity contribution < 1.29 is 14.3 Å². The number of ether oxygens (including phenoxy) is 1. The van der Waals surface area contributed by atoms with Crippen LogP contribution < -0.4 is 4.74 Å². The number of aromatic amines is 1. The summed E-state index contributed by atoms with van der Waals surface area (Å²) in [5.74, 6) is 0.676. The molecule has 2 heterocycles. The number of fused-ring (bicyclic) bond motifs is 1. The number of carbonyl (C=O) groups is 2. The van der Waals surface area contributed by atoms with Gasteiger partial charge < -0.3 is 19.5 Å². The number of aromatic nitrogens is 2. The molecule has 2 aromatic carbocycles. The highest BCUT2D eigenvalue weighted by Crippen LogP contribution is 2.19. The number of para-hydroxylation sites is 1. The highest BCUT2D eigenvalue weighted by Gasteiger charge is 2.25. The maximum atomic E-state index is 12.8. The molecule has 0 aliphatic carbocycles. The van der Waals surface area contributed by atoms with Crippen molar-refractivity contribution in [1.29, 1.82) is 0 Å². The van der Waals surface area contributed by atoms with Gasteiger partial charge in [0.25, 0.3) is 11.8 Å². The lowest BCUT2D eigenvalue weighted by Crippen LogP contribution is -2.51. The van der Waals surface area contributed by atoms with Crippen molar-refractivity contribution in [3.8, 4) is 5.75 Å². The smallest absolute Gasteiger partial charge is 0.260 e. The first-order chi connectivity index (χ1) is 14.2. The van der Waals surface area contributed by atoms with Gasteiger partial charge in [-0.15, -0.1) is 0 Å². The van der Waals surface area contributed by atoms with Crippen LogP contribution in [-0.4, -0.2) is 64.4 Å². The molecule has 1 N–H and O–H groups in total. The minimum absolute atomic E-state index is 0.0153. The van der Waals surface area contributed by atoms with Gasteiger partial charge in [-0.2, -0.15) is 0 Å². The van der Waals surface area contributed by atoms with Crippen LogP contribution in [0.5, 0.6) is 5.75 Å². The molecule has 0 spiro atoms. The fraction of sp³-hybridized carbons (Fsp3) is 0.318. The van der Waals surface area contributed by atoms with Gasteiger partial charge in [-0.25, -0.2) is 4.98 Å². The molecule has 1 fully saturated rings. The molecule has 0 saturated carbocycles. The van der Waals surface area contributed by atoms with Crippen molar-refractivity contribution in [2.24, 2.45) is 0 Å².